The number of unbranched alkanes of at least 4 members (excludes halogenated alkanes) is 1. The van der Waals surface area contributed by atoms with E-state index < -0.39 is 12.2 Å². The van der Waals surface area contributed by atoms with E-state index >= 15 is 0 Å². The number of phenols is 2. The molecule has 0 saturated carbocycles. The van der Waals surface area contributed by atoms with Crippen molar-refractivity contribution >= 4 is 23.2 Å². The number of anilines is 2. The fourth-order valence-electron chi connectivity index (χ4n) is 3.31. The van der Waals surface area contributed by atoms with Gasteiger partial charge in [0.05, 0.1) is 23.6 Å². The number of aliphatic hydroxyl groups is 2. The maximum atomic E-state index is 11.2. The fourth-order valence-corrected chi connectivity index (χ4v) is 3.31. The standard InChI is InChI=1S/C24H34N4O6/c1-15(29)27-19-11-17(5-7-21(19)31)23(33)13-25-9-3-4-10-26-14-24(34)18-6-8-22(32)20(12-18)28-16(2)30/h5-8,11-12,23-26,31-34H,3-4,9-10,13-14H2,1-2H3,(H,27,29)(H,28,30). The summed E-state index contributed by atoms with van der Waals surface area (Å²) in [5, 5.41) is 51.6. The highest BCUT2D eigenvalue weighted by atomic mass is 16.3. The van der Waals surface area contributed by atoms with Gasteiger partial charge in [-0.1, -0.05) is 12.1 Å². The number of carbonyl (C=O) groups excluding carboxylic acids is 2. The maximum Gasteiger partial charge on any atom is 0.221 e. The van der Waals surface area contributed by atoms with Gasteiger partial charge in [-0.05, 0) is 61.3 Å². The molecule has 2 rings (SSSR count). The zero-order chi connectivity index (χ0) is 25.1. The number of rotatable bonds is 13. The van der Waals surface area contributed by atoms with Crippen LogP contribution in [0.4, 0.5) is 11.4 Å². The van der Waals surface area contributed by atoms with Gasteiger partial charge in [0, 0.05) is 26.9 Å². The lowest BCUT2D eigenvalue weighted by atomic mass is 10.1. The van der Waals surface area contributed by atoms with Crippen molar-refractivity contribution < 1.29 is 30.0 Å². The van der Waals surface area contributed by atoms with E-state index in [9.17, 15) is 30.0 Å². The van der Waals surface area contributed by atoms with E-state index in [2.05, 4.69) is 21.3 Å². The average Bonchev–Trinajstić information content (AvgIpc) is 2.77. The molecule has 0 fully saturated rings. The van der Waals surface area contributed by atoms with Crippen molar-refractivity contribution in [2.45, 2.75) is 38.9 Å². The first-order chi connectivity index (χ1) is 16.2. The minimum atomic E-state index is -0.783. The van der Waals surface area contributed by atoms with Gasteiger partial charge in [-0.2, -0.15) is 0 Å². The second-order valence-corrected chi connectivity index (χ2v) is 8.06. The molecule has 2 amide bonds. The van der Waals surface area contributed by atoms with E-state index in [1.165, 1.54) is 26.0 Å². The Morgan fingerprint density at radius 2 is 1.12 bits per heavy atom. The van der Waals surface area contributed by atoms with Crippen molar-refractivity contribution in [1.29, 1.82) is 0 Å². The summed E-state index contributed by atoms with van der Waals surface area (Å²) in [5.74, 6) is -0.733. The van der Waals surface area contributed by atoms with E-state index in [4.69, 9.17) is 0 Å². The lowest BCUT2D eigenvalue weighted by Gasteiger charge is -2.15. The SMILES string of the molecule is CC(=O)Nc1cc(C(O)CNCCCCNCC(O)c2ccc(O)c(NC(C)=O)c2)ccc1O. The molecule has 0 radical (unpaired) electrons. The number of hydrogen-bond donors (Lipinski definition) is 8. The summed E-state index contributed by atoms with van der Waals surface area (Å²) in [4.78, 5) is 22.4. The van der Waals surface area contributed by atoms with Crippen LogP contribution in [0.25, 0.3) is 0 Å². The zero-order valence-corrected chi connectivity index (χ0v) is 19.5. The third-order valence-electron chi connectivity index (χ3n) is 5.06. The molecule has 8 N–H and O–H groups in total. The average molecular weight is 475 g/mol. The molecule has 0 aliphatic carbocycles. The Morgan fingerprint density at radius 1 is 0.735 bits per heavy atom. The van der Waals surface area contributed by atoms with Crippen molar-refractivity contribution in [3.05, 3.63) is 47.5 Å². The molecule has 34 heavy (non-hydrogen) atoms. The van der Waals surface area contributed by atoms with Gasteiger partial charge >= 0.3 is 0 Å². The quantitative estimate of drug-likeness (QED) is 0.161. The van der Waals surface area contributed by atoms with Crippen LogP contribution in [-0.4, -0.2) is 58.4 Å². The molecular weight excluding hydrogens is 440 g/mol. The summed E-state index contributed by atoms with van der Waals surface area (Å²) in [7, 11) is 0. The highest BCUT2D eigenvalue weighted by molar-refractivity contribution is 5.91. The van der Waals surface area contributed by atoms with Crippen LogP contribution >= 0.6 is 0 Å². The Balaban J connectivity index is 1.64. The molecule has 2 atom stereocenters. The number of phenolic OH excluding ortho intramolecular Hbond substituents is 2. The van der Waals surface area contributed by atoms with Crippen molar-refractivity contribution in [2.24, 2.45) is 0 Å². The molecule has 0 spiro atoms. The van der Waals surface area contributed by atoms with Crippen molar-refractivity contribution in [1.82, 2.24) is 10.6 Å². The van der Waals surface area contributed by atoms with Crippen LogP contribution in [-0.2, 0) is 9.59 Å². The van der Waals surface area contributed by atoms with E-state index in [1.807, 2.05) is 0 Å². The molecule has 2 aromatic carbocycles. The van der Waals surface area contributed by atoms with Crippen molar-refractivity contribution in [2.75, 3.05) is 36.8 Å². The Labute approximate surface area is 199 Å². The second-order valence-electron chi connectivity index (χ2n) is 8.06. The van der Waals surface area contributed by atoms with Crippen LogP contribution in [0, 0.1) is 0 Å². The first kappa shape index (κ1) is 27.1. The number of nitrogens with one attached hydrogen (secondary N) is 4. The number of carbonyl (C=O) groups is 2. The van der Waals surface area contributed by atoms with E-state index in [1.54, 1.807) is 24.3 Å². The Bertz CT molecular complexity index is 891. The third-order valence-corrected chi connectivity index (χ3v) is 5.06. The second kappa shape index (κ2) is 13.5. The van der Waals surface area contributed by atoms with Crippen LogP contribution in [0.1, 0.15) is 50.0 Å². The number of aliphatic hydroxyl groups excluding tert-OH is 2. The molecular formula is C24H34N4O6. The van der Waals surface area contributed by atoms with Crippen molar-refractivity contribution in [3.8, 4) is 11.5 Å². The van der Waals surface area contributed by atoms with Gasteiger partial charge in [0.2, 0.25) is 11.8 Å². The first-order valence-corrected chi connectivity index (χ1v) is 11.2. The van der Waals surface area contributed by atoms with Crippen LogP contribution in [0.3, 0.4) is 0 Å². The van der Waals surface area contributed by atoms with Crippen LogP contribution in [0.2, 0.25) is 0 Å². The van der Waals surface area contributed by atoms with Gasteiger partial charge in [-0.15, -0.1) is 0 Å². The van der Waals surface area contributed by atoms with Crippen LogP contribution < -0.4 is 21.3 Å². The number of amides is 2. The lowest BCUT2D eigenvalue weighted by molar-refractivity contribution is -0.115. The van der Waals surface area contributed by atoms with E-state index in [-0.39, 0.29) is 34.7 Å². The summed E-state index contributed by atoms with van der Waals surface area (Å²) in [5.41, 5.74) is 1.69. The minimum Gasteiger partial charge on any atom is -0.506 e. The van der Waals surface area contributed by atoms with Gasteiger partial charge in [0.25, 0.3) is 0 Å². The topological polar surface area (TPSA) is 163 Å². The van der Waals surface area contributed by atoms with Gasteiger partial charge in [-0.3, -0.25) is 9.59 Å². The maximum absolute atomic E-state index is 11.2. The summed E-state index contributed by atoms with van der Waals surface area (Å²) >= 11 is 0. The highest BCUT2D eigenvalue weighted by Crippen LogP contribution is 2.28. The number of aromatic hydroxyl groups is 2. The Morgan fingerprint density at radius 3 is 1.47 bits per heavy atom. The molecule has 0 aromatic heterocycles. The molecule has 186 valence electrons. The van der Waals surface area contributed by atoms with Crippen LogP contribution in [0.15, 0.2) is 36.4 Å². The fraction of sp³-hybridized carbons (Fsp3) is 0.417. The van der Waals surface area contributed by atoms with Gasteiger partial charge in [0.15, 0.2) is 0 Å². The van der Waals surface area contributed by atoms with Crippen molar-refractivity contribution in [3.63, 3.8) is 0 Å². The highest BCUT2D eigenvalue weighted by Gasteiger charge is 2.12. The first-order valence-electron chi connectivity index (χ1n) is 11.2. The molecule has 0 heterocycles. The normalized spacial score (nSPS) is 12.7. The minimum absolute atomic E-state index is 0.0599. The summed E-state index contributed by atoms with van der Waals surface area (Å²) in [6.07, 6.45) is 0.145. The van der Waals surface area contributed by atoms with Gasteiger partial charge in [-0.25, -0.2) is 0 Å². The molecule has 2 aromatic rings. The summed E-state index contributed by atoms with van der Waals surface area (Å²) in [6, 6.07) is 9.17. The lowest BCUT2D eigenvalue weighted by Crippen LogP contribution is -2.25. The zero-order valence-electron chi connectivity index (χ0n) is 19.5. The van der Waals surface area contributed by atoms with E-state index in [0.717, 1.165) is 12.8 Å². The monoisotopic (exact) mass is 474 g/mol. The molecule has 0 aliphatic rings. The summed E-state index contributed by atoms with van der Waals surface area (Å²) < 4.78 is 0. The predicted molar refractivity (Wildman–Crippen MR) is 130 cm³/mol. The molecule has 0 bridgehead atoms. The molecule has 10 nitrogen and oxygen atoms in total. The number of benzene rings is 2. The Kier molecular flexibility index (Phi) is 10.8. The summed E-state index contributed by atoms with van der Waals surface area (Å²) in [6.45, 7) is 4.72. The van der Waals surface area contributed by atoms with Gasteiger partial charge < -0.3 is 41.7 Å². The van der Waals surface area contributed by atoms with Gasteiger partial charge in [0.1, 0.15) is 11.5 Å². The Hall–Kier alpha value is -3.18. The van der Waals surface area contributed by atoms with E-state index in [0.29, 0.717) is 37.3 Å². The largest absolute Gasteiger partial charge is 0.506 e. The third kappa shape index (κ3) is 8.99. The molecule has 2 unspecified atom stereocenters. The molecule has 0 saturated heterocycles. The number of hydrogen-bond acceptors (Lipinski definition) is 8. The van der Waals surface area contributed by atoms with Crippen LogP contribution in [0.5, 0.6) is 11.5 Å². The predicted octanol–water partition coefficient (Wildman–Crippen LogP) is 1.74. The molecule has 0 aliphatic heterocycles. The smallest absolute Gasteiger partial charge is 0.221 e. The molecule has 10 heteroatoms.